The number of halogens is 1. The molecule has 1 aromatic heterocycles. The second-order valence-corrected chi connectivity index (χ2v) is 8.77. The number of ether oxygens (including phenoxy) is 1. The lowest BCUT2D eigenvalue weighted by molar-refractivity contribution is 0.228. The summed E-state index contributed by atoms with van der Waals surface area (Å²) >= 11 is 1.63. The Morgan fingerprint density at radius 2 is 2.00 bits per heavy atom. The second kappa shape index (κ2) is 8.67. The third-order valence-electron chi connectivity index (χ3n) is 5.12. The summed E-state index contributed by atoms with van der Waals surface area (Å²) in [6.45, 7) is 2.39. The van der Waals surface area contributed by atoms with Crippen LogP contribution >= 0.6 is 11.8 Å². The van der Waals surface area contributed by atoms with Crippen molar-refractivity contribution in [1.82, 2.24) is 14.5 Å². The fraction of sp³-hybridized carbons (Fsp3) is 0.400. The number of rotatable bonds is 7. The Morgan fingerprint density at radius 3 is 2.65 bits per heavy atom. The minimum absolute atomic E-state index is 0.0189. The van der Waals surface area contributed by atoms with Crippen LogP contribution in [0.3, 0.4) is 0 Å². The highest BCUT2D eigenvalue weighted by Gasteiger charge is 2.38. The molecule has 0 bridgehead atoms. The van der Waals surface area contributed by atoms with E-state index >= 15 is 0 Å². The molecule has 166 valence electrons. The van der Waals surface area contributed by atoms with Crippen molar-refractivity contribution in [2.75, 3.05) is 23.4 Å². The number of nitrogens with zero attached hydrogens (tertiary/aromatic N) is 3. The first-order valence-electron chi connectivity index (χ1n) is 9.88. The van der Waals surface area contributed by atoms with Gasteiger partial charge >= 0.3 is 5.69 Å². The van der Waals surface area contributed by atoms with E-state index in [1.54, 1.807) is 23.7 Å². The van der Waals surface area contributed by atoms with E-state index in [2.05, 4.69) is 10.6 Å². The summed E-state index contributed by atoms with van der Waals surface area (Å²) in [5.41, 5.74) is -0.603. The fourth-order valence-electron chi connectivity index (χ4n) is 3.61. The van der Waals surface area contributed by atoms with Crippen molar-refractivity contribution in [3.8, 4) is 5.75 Å². The highest BCUT2D eigenvalue weighted by Crippen LogP contribution is 2.34. The van der Waals surface area contributed by atoms with Gasteiger partial charge in [-0.05, 0) is 42.5 Å². The Bertz CT molecular complexity index is 1110. The fourth-order valence-corrected chi connectivity index (χ4v) is 4.56. The van der Waals surface area contributed by atoms with E-state index in [0.717, 1.165) is 9.47 Å². The van der Waals surface area contributed by atoms with Gasteiger partial charge in [0, 0.05) is 26.4 Å². The Balaban J connectivity index is 1.72. The lowest BCUT2D eigenvalue weighted by Crippen LogP contribution is -2.47. The van der Waals surface area contributed by atoms with Crippen molar-refractivity contribution in [1.29, 1.82) is 0 Å². The monoisotopic (exact) mass is 449 g/mol. The third-order valence-corrected chi connectivity index (χ3v) is 6.18. The van der Waals surface area contributed by atoms with Crippen molar-refractivity contribution in [2.45, 2.75) is 31.6 Å². The summed E-state index contributed by atoms with van der Waals surface area (Å²) in [4.78, 5) is 28.9. The van der Waals surface area contributed by atoms with Crippen LogP contribution in [0.5, 0.6) is 5.75 Å². The van der Waals surface area contributed by atoms with Gasteiger partial charge in [0.2, 0.25) is 0 Å². The number of benzene rings is 1. The van der Waals surface area contributed by atoms with Crippen LogP contribution in [0.4, 0.5) is 15.9 Å². The maximum Gasteiger partial charge on any atom is 0.332 e. The molecule has 0 spiro atoms. The number of aromatic nitrogens is 2. The van der Waals surface area contributed by atoms with Crippen molar-refractivity contribution in [3.63, 3.8) is 0 Å². The van der Waals surface area contributed by atoms with Gasteiger partial charge in [-0.15, -0.1) is 11.8 Å². The van der Waals surface area contributed by atoms with Crippen LogP contribution in [0.25, 0.3) is 0 Å². The number of hydrogen-bond acceptors (Lipinski definition) is 8. The van der Waals surface area contributed by atoms with Crippen molar-refractivity contribution >= 4 is 23.3 Å². The number of aliphatic hydroxyl groups is 1. The van der Waals surface area contributed by atoms with Crippen LogP contribution in [0.1, 0.15) is 13.3 Å². The molecule has 2 atom stereocenters. The summed E-state index contributed by atoms with van der Waals surface area (Å²) in [7, 11) is 1.58. The van der Waals surface area contributed by atoms with E-state index in [4.69, 9.17) is 9.84 Å². The molecule has 0 saturated heterocycles. The Hall–Kier alpha value is -2.92. The predicted molar refractivity (Wildman–Crippen MR) is 118 cm³/mol. The quantitative estimate of drug-likeness (QED) is 0.580. The van der Waals surface area contributed by atoms with Gasteiger partial charge in [-0.3, -0.25) is 13.9 Å². The van der Waals surface area contributed by atoms with Crippen LogP contribution in [0, 0.1) is 5.82 Å². The van der Waals surface area contributed by atoms with Crippen molar-refractivity contribution < 1.29 is 14.2 Å². The average molecular weight is 450 g/mol. The minimum atomic E-state index is -0.768. The lowest BCUT2D eigenvalue weighted by atomic mass is 10.3. The van der Waals surface area contributed by atoms with Crippen LogP contribution in [0.15, 0.2) is 45.0 Å². The minimum Gasteiger partial charge on any atom is -0.452 e. The molecule has 3 N–H and O–H groups in total. The van der Waals surface area contributed by atoms with Gasteiger partial charge in [0.1, 0.15) is 23.1 Å². The number of hydrogen-bond donors (Lipinski definition) is 3. The summed E-state index contributed by atoms with van der Waals surface area (Å²) in [5.74, 6) is 0.396. The molecule has 4 rings (SSSR count). The van der Waals surface area contributed by atoms with E-state index in [-0.39, 0.29) is 24.3 Å². The number of nitrogens with one attached hydrogen (secondary N) is 2. The molecule has 2 aromatic rings. The van der Waals surface area contributed by atoms with Gasteiger partial charge in [-0.1, -0.05) is 0 Å². The van der Waals surface area contributed by atoms with E-state index < -0.39 is 17.6 Å². The first-order valence-corrected chi connectivity index (χ1v) is 10.8. The molecule has 0 saturated carbocycles. The zero-order chi connectivity index (χ0) is 22.1. The molecule has 3 heterocycles. The summed E-state index contributed by atoms with van der Waals surface area (Å²) in [5, 5.41) is 15.5. The molecule has 1 aromatic carbocycles. The van der Waals surface area contributed by atoms with E-state index in [0.29, 0.717) is 30.2 Å². The maximum absolute atomic E-state index is 13.3. The third kappa shape index (κ3) is 4.15. The first kappa shape index (κ1) is 21.3. The van der Waals surface area contributed by atoms with Crippen molar-refractivity contribution in [3.05, 3.63) is 62.0 Å². The molecule has 0 radical (unpaired) electrons. The van der Waals surface area contributed by atoms with Gasteiger partial charge in [0.05, 0.1) is 11.9 Å². The molecule has 0 fully saturated rings. The molecule has 11 heteroatoms. The standard InChI is InChI=1S/C20H24FN5O4S/c1-12-10-22-15(31-12)11-26-16-17(23-19(26)30-14-6-4-13(21)5-7-14)24(2)20(29)25(18(16)28)8-3-9-27/h4-7,10,15,19,22-23,27H,3,8-9,11H2,1-2H3. The van der Waals surface area contributed by atoms with Gasteiger partial charge < -0.3 is 25.4 Å². The summed E-state index contributed by atoms with van der Waals surface area (Å²) in [6, 6.07) is 5.60. The van der Waals surface area contributed by atoms with Crippen LogP contribution in [-0.2, 0) is 13.6 Å². The number of aliphatic hydroxyl groups excluding tert-OH is 1. The van der Waals surface area contributed by atoms with Crippen LogP contribution < -0.4 is 31.5 Å². The van der Waals surface area contributed by atoms with E-state index in [1.807, 2.05) is 13.1 Å². The zero-order valence-electron chi connectivity index (χ0n) is 17.2. The highest BCUT2D eigenvalue weighted by atomic mass is 32.2. The largest absolute Gasteiger partial charge is 0.452 e. The summed E-state index contributed by atoms with van der Waals surface area (Å²) < 4.78 is 21.8. The SMILES string of the molecule is CC1=CNC(CN2c3c(n(C)c(=O)n(CCCO)c3=O)NC2Oc2ccc(F)cc2)S1. The Kier molecular flexibility index (Phi) is 5.96. The summed E-state index contributed by atoms with van der Waals surface area (Å²) in [6.07, 6.45) is 1.44. The molecule has 31 heavy (non-hydrogen) atoms. The van der Waals surface area contributed by atoms with E-state index in [1.165, 1.54) is 28.8 Å². The molecular weight excluding hydrogens is 425 g/mol. The van der Waals surface area contributed by atoms with Gasteiger partial charge in [0.25, 0.3) is 11.9 Å². The smallest absolute Gasteiger partial charge is 0.332 e. The molecule has 2 aliphatic heterocycles. The Labute approximate surface area is 182 Å². The van der Waals surface area contributed by atoms with E-state index in [9.17, 15) is 14.0 Å². The number of thioether (sulfide) groups is 1. The number of fused-ring (bicyclic) bond motifs is 1. The molecule has 2 aliphatic rings. The normalized spacial score (nSPS) is 19.6. The average Bonchev–Trinajstić information content (AvgIpc) is 3.32. The number of allylic oxidation sites excluding steroid dienone is 1. The maximum atomic E-state index is 13.3. The van der Waals surface area contributed by atoms with Gasteiger partial charge in [-0.2, -0.15) is 0 Å². The lowest BCUT2D eigenvalue weighted by Gasteiger charge is -2.28. The zero-order valence-corrected chi connectivity index (χ0v) is 18.0. The van der Waals surface area contributed by atoms with Gasteiger partial charge in [-0.25, -0.2) is 9.18 Å². The molecule has 0 aliphatic carbocycles. The number of anilines is 2. The first-order chi connectivity index (χ1) is 14.9. The van der Waals surface area contributed by atoms with Crippen LogP contribution in [-0.4, -0.2) is 39.1 Å². The highest BCUT2D eigenvalue weighted by molar-refractivity contribution is 8.03. The van der Waals surface area contributed by atoms with Crippen LogP contribution in [0.2, 0.25) is 0 Å². The molecule has 0 amide bonds. The topological polar surface area (TPSA) is 101 Å². The molecule has 2 unspecified atom stereocenters. The van der Waals surface area contributed by atoms with Gasteiger partial charge in [0.15, 0.2) is 0 Å². The predicted octanol–water partition coefficient (Wildman–Crippen LogP) is 1.19. The van der Waals surface area contributed by atoms with Crippen molar-refractivity contribution in [2.24, 2.45) is 7.05 Å². The molecular formula is C20H24FN5O4S. The second-order valence-electron chi connectivity index (χ2n) is 7.32. The molecule has 9 nitrogen and oxygen atoms in total. The Morgan fingerprint density at radius 1 is 1.26 bits per heavy atom.